The van der Waals surface area contributed by atoms with Crippen LogP contribution in [0.5, 0.6) is 0 Å². The van der Waals surface area contributed by atoms with Gasteiger partial charge in [-0.1, -0.05) is 30.3 Å². The van der Waals surface area contributed by atoms with E-state index in [-0.39, 0.29) is 18.1 Å². The van der Waals surface area contributed by atoms with Crippen molar-refractivity contribution in [2.75, 3.05) is 18.9 Å². The number of ether oxygens (including phenoxy) is 1. The van der Waals surface area contributed by atoms with Crippen molar-refractivity contribution < 1.29 is 27.5 Å². The molecule has 0 aliphatic rings. The summed E-state index contributed by atoms with van der Waals surface area (Å²) < 4.78 is 43.6. The summed E-state index contributed by atoms with van der Waals surface area (Å²) in [5.74, 6) is -0.154. The van der Waals surface area contributed by atoms with E-state index < -0.39 is 17.6 Å². The molecule has 1 amide bonds. The van der Waals surface area contributed by atoms with E-state index in [0.717, 1.165) is 33.4 Å². The molecule has 0 unspecified atom stereocenters. The summed E-state index contributed by atoms with van der Waals surface area (Å²) in [5, 5.41) is 4.78. The molecule has 4 nitrogen and oxygen atoms in total. The molecule has 0 saturated heterocycles. The first-order valence-electron chi connectivity index (χ1n) is 10.5. The highest BCUT2D eigenvalue weighted by Gasteiger charge is 2.30. The zero-order chi connectivity index (χ0) is 23.8. The van der Waals surface area contributed by atoms with Crippen molar-refractivity contribution in [3.05, 3.63) is 77.4 Å². The third-order valence-electron chi connectivity index (χ3n) is 4.96. The van der Waals surface area contributed by atoms with Gasteiger partial charge >= 0.3 is 12.1 Å². The highest BCUT2D eigenvalue weighted by atomic mass is 32.2. The minimum Gasteiger partial charge on any atom is -0.466 e. The molecule has 0 aliphatic carbocycles. The second kappa shape index (κ2) is 11.2. The Morgan fingerprint density at radius 2 is 1.82 bits per heavy atom. The minimum absolute atomic E-state index is 0.0250. The normalized spacial score (nSPS) is 11.4. The van der Waals surface area contributed by atoms with Gasteiger partial charge in [0.05, 0.1) is 18.6 Å². The second-order valence-corrected chi connectivity index (χ2v) is 8.46. The molecule has 3 aromatic rings. The Balaban J connectivity index is 1.63. The van der Waals surface area contributed by atoms with E-state index >= 15 is 0 Å². The van der Waals surface area contributed by atoms with Crippen LogP contribution in [0.2, 0.25) is 0 Å². The SMILES string of the molecule is CCOC(=O)CCSc1ccc2cccc(CCNC(=O)c3cccc(C(F)(F)F)c3)c2c1. The summed E-state index contributed by atoms with van der Waals surface area (Å²) in [6.07, 6.45) is -3.63. The van der Waals surface area contributed by atoms with Crippen molar-refractivity contribution in [1.29, 1.82) is 0 Å². The standard InChI is InChI=1S/C25H24F3NO3S/c1-2-32-23(30)12-14-33-21-10-9-17-5-3-6-18(22(17)16-21)11-13-29-24(31)19-7-4-8-20(15-19)25(26,27)28/h3-10,15-16H,2,11-14H2,1H3,(H,29,31). The number of carbonyl (C=O) groups is 2. The highest BCUT2D eigenvalue weighted by molar-refractivity contribution is 7.99. The Bertz CT molecular complexity index is 1130. The van der Waals surface area contributed by atoms with Crippen LogP contribution in [0.1, 0.15) is 34.8 Å². The number of hydrogen-bond acceptors (Lipinski definition) is 4. The van der Waals surface area contributed by atoms with Gasteiger partial charge in [-0.2, -0.15) is 13.2 Å². The number of benzene rings is 3. The van der Waals surface area contributed by atoms with Crippen LogP contribution >= 0.6 is 11.8 Å². The Labute approximate surface area is 194 Å². The number of nitrogens with one attached hydrogen (secondary N) is 1. The fraction of sp³-hybridized carbons (Fsp3) is 0.280. The van der Waals surface area contributed by atoms with Crippen LogP contribution < -0.4 is 5.32 Å². The third-order valence-corrected chi connectivity index (χ3v) is 5.95. The number of esters is 1. The van der Waals surface area contributed by atoms with Crippen molar-refractivity contribution in [3.63, 3.8) is 0 Å². The van der Waals surface area contributed by atoms with Crippen molar-refractivity contribution in [2.45, 2.75) is 30.8 Å². The number of halogens is 3. The first-order valence-corrected chi connectivity index (χ1v) is 11.5. The molecule has 33 heavy (non-hydrogen) atoms. The number of hydrogen-bond donors (Lipinski definition) is 1. The van der Waals surface area contributed by atoms with E-state index in [1.165, 1.54) is 12.1 Å². The molecule has 0 radical (unpaired) electrons. The maximum absolute atomic E-state index is 12.9. The van der Waals surface area contributed by atoms with Gasteiger partial charge in [-0.3, -0.25) is 9.59 Å². The van der Waals surface area contributed by atoms with Crippen molar-refractivity contribution in [1.82, 2.24) is 5.32 Å². The summed E-state index contributed by atoms with van der Waals surface area (Å²) in [4.78, 5) is 24.9. The maximum atomic E-state index is 12.9. The summed E-state index contributed by atoms with van der Waals surface area (Å²) in [6, 6.07) is 16.3. The molecule has 0 bridgehead atoms. The third kappa shape index (κ3) is 6.99. The van der Waals surface area contributed by atoms with Gasteiger partial charge < -0.3 is 10.1 Å². The lowest BCUT2D eigenvalue weighted by atomic mass is 10.0. The largest absolute Gasteiger partial charge is 0.466 e. The van der Waals surface area contributed by atoms with Gasteiger partial charge in [0.25, 0.3) is 5.91 Å². The molecule has 0 saturated carbocycles. The molecule has 8 heteroatoms. The van der Waals surface area contributed by atoms with Crippen LogP contribution in [0.3, 0.4) is 0 Å². The lowest BCUT2D eigenvalue weighted by molar-refractivity contribution is -0.142. The molecule has 1 N–H and O–H groups in total. The topological polar surface area (TPSA) is 55.4 Å². The average Bonchev–Trinajstić information content (AvgIpc) is 2.79. The number of amides is 1. The smallest absolute Gasteiger partial charge is 0.416 e. The van der Waals surface area contributed by atoms with Gasteiger partial charge in [0, 0.05) is 22.8 Å². The average molecular weight is 476 g/mol. The molecule has 0 aliphatic heterocycles. The Hall–Kier alpha value is -3.00. The van der Waals surface area contributed by atoms with Crippen LogP contribution in [0.4, 0.5) is 13.2 Å². The molecular formula is C25H24F3NO3S. The van der Waals surface area contributed by atoms with Gasteiger partial charge in [0.15, 0.2) is 0 Å². The van der Waals surface area contributed by atoms with Crippen LogP contribution in [-0.2, 0) is 22.1 Å². The first-order chi connectivity index (χ1) is 15.8. The van der Waals surface area contributed by atoms with E-state index in [2.05, 4.69) is 11.4 Å². The van der Waals surface area contributed by atoms with Crippen molar-refractivity contribution in [3.8, 4) is 0 Å². The number of thioether (sulfide) groups is 1. The van der Waals surface area contributed by atoms with Gasteiger partial charge in [-0.05, 0) is 60.0 Å². The predicted octanol–water partition coefficient (Wildman–Crippen LogP) is 5.88. The molecular weight excluding hydrogens is 451 g/mol. The molecule has 3 rings (SSSR count). The molecule has 0 spiro atoms. The Kier molecular flexibility index (Phi) is 8.38. The van der Waals surface area contributed by atoms with Crippen LogP contribution in [0.15, 0.2) is 65.6 Å². The zero-order valence-electron chi connectivity index (χ0n) is 18.1. The predicted molar refractivity (Wildman–Crippen MR) is 123 cm³/mol. The fourth-order valence-corrected chi connectivity index (χ4v) is 4.23. The molecule has 0 heterocycles. The minimum atomic E-state index is -4.49. The summed E-state index contributed by atoms with van der Waals surface area (Å²) in [7, 11) is 0. The Morgan fingerprint density at radius 1 is 1.03 bits per heavy atom. The maximum Gasteiger partial charge on any atom is 0.416 e. The van der Waals surface area contributed by atoms with Gasteiger partial charge in [0.1, 0.15) is 0 Å². The lowest BCUT2D eigenvalue weighted by Crippen LogP contribution is -2.26. The molecule has 0 aromatic heterocycles. The van der Waals surface area contributed by atoms with Gasteiger partial charge in [-0.25, -0.2) is 0 Å². The van der Waals surface area contributed by atoms with Gasteiger partial charge in [0.2, 0.25) is 0 Å². The molecule has 0 fully saturated rings. The van der Waals surface area contributed by atoms with E-state index in [9.17, 15) is 22.8 Å². The van der Waals surface area contributed by atoms with Crippen LogP contribution in [-0.4, -0.2) is 30.8 Å². The highest BCUT2D eigenvalue weighted by Crippen LogP contribution is 2.30. The molecule has 174 valence electrons. The zero-order valence-corrected chi connectivity index (χ0v) is 18.9. The quantitative estimate of drug-likeness (QED) is 0.310. The molecule has 3 aromatic carbocycles. The number of alkyl halides is 3. The van der Waals surface area contributed by atoms with Crippen molar-refractivity contribution in [2.24, 2.45) is 0 Å². The van der Waals surface area contributed by atoms with E-state index in [0.29, 0.717) is 25.2 Å². The number of rotatable bonds is 9. The summed E-state index contributed by atoms with van der Waals surface area (Å²) in [6.45, 7) is 2.43. The number of fused-ring (bicyclic) bond motifs is 1. The summed E-state index contributed by atoms with van der Waals surface area (Å²) >= 11 is 1.56. The lowest BCUT2D eigenvalue weighted by Gasteiger charge is -2.11. The monoisotopic (exact) mass is 475 g/mol. The van der Waals surface area contributed by atoms with Gasteiger partial charge in [-0.15, -0.1) is 11.8 Å². The first kappa shape index (κ1) is 24.6. The molecule has 0 atom stereocenters. The van der Waals surface area contributed by atoms with Crippen LogP contribution in [0, 0.1) is 0 Å². The summed E-state index contributed by atoms with van der Waals surface area (Å²) in [5.41, 5.74) is 0.143. The van der Waals surface area contributed by atoms with E-state index in [1.54, 1.807) is 18.7 Å². The van der Waals surface area contributed by atoms with Crippen LogP contribution in [0.25, 0.3) is 10.8 Å². The fourth-order valence-electron chi connectivity index (χ4n) is 3.36. The second-order valence-electron chi connectivity index (χ2n) is 7.29. The van der Waals surface area contributed by atoms with Crippen molar-refractivity contribution >= 4 is 34.4 Å². The number of carbonyl (C=O) groups excluding carboxylic acids is 2. The van der Waals surface area contributed by atoms with E-state index in [1.807, 2.05) is 30.3 Å². The Morgan fingerprint density at radius 3 is 2.58 bits per heavy atom. The van der Waals surface area contributed by atoms with E-state index in [4.69, 9.17) is 4.74 Å².